The number of ether oxygens (including phenoxy) is 2. The number of hydrogen-bond acceptors (Lipinski definition) is 7. The molecular formula is C29H27NO7. The van der Waals surface area contributed by atoms with Crippen molar-refractivity contribution in [1.82, 2.24) is 0 Å². The Labute approximate surface area is 214 Å². The van der Waals surface area contributed by atoms with Crippen LogP contribution in [0, 0.1) is 0 Å². The van der Waals surface area contributed by atoms with Gasteiger partial charge in [-0.3, -0.25) is 14.5 Å². The third kappa shape index (κ3) is 5.18. The number of benzene rings is 3. The molecule has 190 valence electrons. The van der Waals surface area contributed by atoms with E-state index in [9.17, 15) is 24.6 Å². The molecule has 1 aliphatic rings. The molecule has 1 atom stereocenters. The van der Waals surface area contributed by atoms with Crippen LogP contribution < -0.4 is 9.64 Å². The van der Waals surface area contributed by atoms with Gasteiger partial charge >= 0.3 is 5.97 Å². The highest BCUT2D eigenvalue weighted by atomic mass is 16.5. The van der Waals surface area contributed by atoms with E-state index in [-0.39, 0.29) is 23.2 Å². The molecule has 0 radical (unpaired) electrons. The SMILES string of the molecule is CCOc1cccc(/C(O)=C2\C(=O)C(=O)N(c3ccc(C(=O)OC(C)C)cc3)C2c2ccc(O)cc2)c1. The van der Waals surface area contributed by atoms with Crippen molar-refractivity contribution < 1.29 is 34.1 Å². The quantitative estimate of drug-likeness (QED) is 0.203. The highest BCUT2D eigenvalue weighted by molar-refractivity contribution is 6.51. The van der Waals surface area contributed by atoms with Crippen molar-refractivity contribution >= 4 is 29.1 Å². The van der Waals surface area contributed by atoms with Crippen molar-refractivity contribution in [3.05, 3.63) is 95.1 Å². The van der Waals surface area contributed by atoms with Crippen LogP contribution in [0.4, 0.5) is 5.69 Å². The molecule has 0 bridgehead atoms. The van der Waals surface area contributed by atoms with Gasteiger partial charge in [-0.25, -0.2) is 4.79 Å². The topological polar surface area (TPSA) is 113 Å². The standard InChI is InChI=1S/C29H27NO7/c1-4-36-23-7-5-6-20(16-23)26(32)24-25(18-10-14-22(31)15-11-18)30(28(34)27(24)33)21-12-8-19(9-13-21)29(35)37-17(2)3/h5-17,25,31-32H,4H2,1-3H3/b26-24+. The number of nitrogens with zero attached hydrogens (tertiary/aromatic N) is 1. The molecule has 37 heavy (non-hydrogen) atoms. The van der Waals surface area contributed by atoms with E-state index in [0.717, 1.165) is 0 Å². The molecule has 1 amide bonds. The maximum absolute atomic E-state index is 13.3. The van der Waals surface area contributed by atoms with E-state index in [1.54, 1.807) is 62.4 Å². The van der Waals surface area contributed by atoms with E-state index in [0.29, 0.717) is 34.7 Å². The number of aromatic hydroxyl groups is 1. The van der Waals surface area contributed by atoms with Crippen LogP contribution in [-0.4, -0.2) is 40.6 Å². The van der Waals surface area contributed by atoms with Crippen molar-refractivity contribution in [2.24, 2.45) is 0 Å². The number of ketones is 1. The van der Waals surface area contributed by atoms with Gasteiger partial charge < -0.3 is 19.7 Å². The number of Topliss-reactive ketones (excluding diaryl/α,β-unsaturated/α-hetero) is 1. The number of hydrogen-bond donors (Lipinski definition) is 2. The second-order valence-corrected chi connectivity index (χ2v) is 8.72. The zero-order chi connectivity index (χ0) is 26.7. The molecule has 1 heterocycles. The molecule has 3 aromatic carbocycles. The summed E-state index contributed by atoms with van der Waals surface area (Å²) in [4.78, 5) is 40.1. The number of rotatable bonds is 7. The van der Waals surface area contributed by atoms with E-state index in [1.165, 1.54) is 29.2 Å². The van der Waals surface area contributed by atoms with Gasteiger partial charge in [-0.05, 0) is 74.9 Å². The summed E-state index contributed by atoms with van der Waals surface area (Å²) < 4.78 is 10.7. The van der Waals surface area contributed by atoms with Gasteiger partial charge in [0.1, 0.15) is 17.3 Å². The van der Waals surface area contributed by atoms with E-state index in [2.05, 4.69) is 0 Å². The molecule has 2 N–H and O–H groups in total. The first kappa shape index (κ1) is 25.5. The Hall–Kier alpha value is -4.59. The maximum Gasteiger partial charge on any atom is 0.338 e. The zero-order valence-corrected chi connectivity index (χ0v) is 20.7. The molecule has 8 nitrogen and oxygen atoms in total. The van der Waals surface area contributed by atoms with Crippen molar-refractivity contribution in [2.45, 2.75) is 32.9 Å². The molecule has 0 aromatic heterocycles. The van der Waals surface area contributed by atoms with Crippen molar-refractivity contribution in [1.29, 1.82) is 0 Å². The van der Waals surface area contributed by atoms with Gasteiger partial charge in [-0.15, -0.1) is 0 Å². The Kier molecular flexibility index (Phi) is 7.29. The highest BCUT2D eigenvalue weighted by Gasteiger charge is 2.47. The van der Waals surface area contributed by atoms with Gasteiger partial charge in [0.05, 0.1) is 29.9 Å². The lowest BCUT2D eigenvalue weighted by molar-refractivity contribution is -0.132. The summed E-state index contributed by atoms with van der Waals surface area (Å²) in [7, 11) is 0. The van der Waals surface area contributed by atoms with Crippen molar-refractivity contribution in [3.63, 3.8) is 0 Å². The van der Waals surface area contributed by atoms with Crippen molar-refractivity contribution in [3.8, 4) is 11.5 Å². The van der Waals surface area contributed by atoms with Crippen LogP contribution in [0.1, 0.15) is 48.3 Å². The largest absolute Gasteiger partial charge is 0.508 e. The first-order chi connectivity index (χ1) is 17.7. The summed E-state index contributed by atoms with van der Waals surface area (Å²) >= 11 is 0. The lowest BCUT2D eigenvalue weighted by Gasteiger charge is -2.25. The van der Waals surface area contributed by atoms with Crippen LogP contribution in [0.15, 0.2) is 78.4 Å². The summed E-state index contributed by atoms with van der Waals surface area (Å²) in [5, 5.41) is 21.1. The maximum atomic E-state index is 13.3. The van der Waals surface area contributed by atoms with Crippen LogP contribution >= 0.6 is 0 Å². The van der Waals surface area contributed by atoms with Gasteiger partial charge in [0.15, 0.2) is 0 Å². The smallest absolute Gasteiger partial charge is 0.338 e. The predicted molar refractivity (Wildman–Crippen MR) is 137 cm³/mol. The van der Waals surface area contributed by atoms with Crippen LogP contribution in [-0.2, 0) is 14.3 Å². The van der Waals surface area contributed by atoms with Gasteiger partial charge in [0, 0.05) is 11.3 Å². The number of carbonyl (C=O) groups excluding carboxylic acids is 3. The molecule has 3 aromatic rings. The first-order valence-corrected chi connectivity index (χ1v) is 11.9. The molecule has 0 spiro atoms. The van der Waals surface area contributed by atoms with Crippen LogP contribution in [0.3, 0.4) is 0 Å². The molecular weight excluding hydrogens is 474 g/mol. The first-order valence-electron chi connectivity index (χ1n) is 11.9. The lowest BCUT2D eigenvalue weighted by atomic mass is 9.95. The van der Waals surface area contributed by atoms with Gasteiger partial charge in [-0.1, -0.05) is 24.3 Å². The lowest BCUT2D eigenvalue weighted by Crippen LogP contribution is -2.29. The summed E-state index contributed by atoms with van der Waals surface area (Å²) in [6.07, 6.45) is -0.291. The van der Waals surface area contributed by atoms with Gasteiger partial charge in [0.25, 0.3) is 11.7 Å². The van der Waals surface area contributed by atoms with Crippen LogP contribution in [0.5, 0.6) is 11.5 Å². The Balaban J connectivity index is 1.83. The average Bonchev–Trinajstić information content (AvgIpc) is 3.14. The molecule has 1 saturated heterocycles. The van der Waals surface area contributed by atoms with E-state index in [4.69, 9.17) is 9.47 Å². The molecule has 0 aliphatic carbocycles. The summed E-state index contributed by atoms with van der Waals surface area (Å²) in [6, 6.07) is 17.8. The Morgan fingerprint density at radius 2 is 1.65 bits per heavy atom. The Morgan fingerprint density at radius 1 is 0.973 bits per heavy atom. The molecule has 8 heteroatoms. The van der Waals surface area contributed by atoms with Crippen LogP contribution in [0.2, 0.25) is 0 Å². The minimum Gasteiger partial charge on any atom is -0.508 e. The normalized spacial score (nSPS) is 16.8. The zero-order valence-electron chi connectivity index (χ0n) is 20.7. The second-order valence-electron chi connectivity index (χ2n) is 8.72. The third-order valence-corrected chi connectivity index (χ3v) is 5.80. The Morgan fingerprint density at radius 3 is 2.27 bits per heavy atom. The predicted octanol–water partition coefficient (Wildman–Crippen LogP) is 4.98. The van der Waals surface area contributed by atoms with Crippen LogP contribution in [0.25, 0.3) is 5.76 Å². The molecule has 1 fully saturated rings. The van der Waals surface area contributed by atoms with E-state index < -0.39 is 23.7 Å². The van der Waals surface area contributed by atoms with E-state index >= 15 is 0 Å². The number of amides is 1. The number of aliphatic hydroxyl groups excluding tert-OH is 1. The second kappa shape index (κ2) is 10.6. The minimum atomic E-state index is -0.982. The number of phenolic OH excluding ortho intramolecular Hbond substituents is 1. The molecule has 4 rings (SSSR count). The van der Waals surface area contributed by atoms with E-state index in [1.807, 2.05) is 6.92 Å². The summed E-state index contributed by atoms with van der Waals surface area (Å²) in [5.41, 5.74) is 1.36. The number of phenols is 1. The fourth-order valence-electron chi connectivity index (χ4n) is 4.17. The Bertz CT molecular complexity index is 1360. The van der Waals surface area contributed by atoms with Gasteiger partial charge in [-0.2, -0.15) is 0 Å². The average molecular weight is 502 g/mol. The molecule has 1 aliphatic heterocycles. The number of carbonyl (C=O) groups is 3. The monoisotopic (exact) mass is 501 g/mol. The number of aliphatic hydroxyl groups is 1. The third-order valence-electron chi connectivity index (χ3n) is 5.80. The number of anilines is 1. The molecule has 1 unspecified atom stereocenters. The summed E-state index contributed by atoms with van der Waals surface area (Å²) in [6.45, 7) is 5.74. The number of esters is 1. The van der Waals surface area contributed by atoms with Crippen molar-refractivity contribution in [2.75, 3.05) is 11.5 Å². The van der Waals surface area contributed by atoms with Gasteiger partial charge in [0.2, 0.25) is 0 Å². The highest BCUT2D eigenvalue weighted by Crippen LogP contribution is 2.42. The molecule has 0 saturated carbocycles. The minimum absolute atomic E-state index is 0.0122. The fourth-order valence-corrected chi connectivity index (χ4v) is 4.17. The summed E-state index contributed by atoms with van der Waals surface area (Å²) in [5.74, 6) is -2.03. The fraction of sp³-hybridized carbons (Fsp3) is 0.207.